The smallest absolute Gasteiger partial charge is 0.321 e. The molecule has 0 aliphatic carbocycles. The first-order valence-electron chi connectivity index (χ1n) is 4.17. The normalized spacial score (nSPS) is 16.1. The summed E-state index contributed by atoms with van der Waals surface area (Å²) in [6, 6.07) is -0.499. The molecule has 0 aromatic heterocycles. The first-order valence-corrected chi connectivity index (χ1v) is 4.17. The molecule has 4 heteroatoms. The van der Waals surface area contributed by atoms with Crippen molar-refractivity contribution < 1.29 is 9.90 Å². The topological polar surface area (TPSA) is 75.3 Å². The fourth-order valence-electron chi connectivity index (χ4n) is 0.636. The molecule has 2 atom stereocenters. The third kappa shape index (κ3) is 4.31. The van der Waals surface area contributed by atoms with Gasteiger partial charge in [0.25, 0.3) is 0 Å². The second-order valence-corrected chi connectivity index (χ2v) is 3.39. The molecule has 0 rings (SSSR count). The average Bonchev–Trinajstić information content (AvgIpc) is 1.98. The number of nitrogens with two attached hydrogens (primary N) is 1. The summed E-state index contributed by atoms with van der Waals surface area (Å²) in [6.45, 7) is 6.49. The van der Waals surface area contributed by atoms with Crippen LogP contribution < -0.4 is 11.1 Å². The predicted molar refractivity (Wildman–Crippen MR) is 47.9 cm³/mol. The fourth-order valence-corrected chi connectivity index (χ4v) is 0.636. The van der Waals surface area contributed by atoms with E-state index in [-0.39, 0.29) is 0 Å². The van der Waals surface area contributed by atoms with Gasteiger partial charge >= 0.3 is 5.97 Å². The van der Waals surface area contributed by atoms with Gasteiger partial charge in [-0.1, -0.05) is 13.8 Å². The molecule has 0 spiro atoms. The summed E-state index contributed by atoms with van der Waals surface area (Å²) in [5.74, 6) is -0.468. The molecule has 0 heterocycles. The zero-order valence-electron chi connectivity index (χ0n) is 7.87. The zero-order valence-corrected chi connectivity index (χ0v) is 7.87. The van der Waals surface area contributed by atoms with Crippen LogP contribution in [0.25, 0.3) is 0 Å². The Morgan fingerprint density at radius 2 is 2.00 bits per heavy atom. The lowest BCUT2D eigenvalue weighted by molar-refractivity contribution is -0.138. The number of hydrogen-bond acceptors (Lipinski definition) is 3. The summed E-state index contributed by atoms with van der Waals surface area (Å²) in [5.41, 5.74) is 5.30. The highest BCUT2D eigenvalue weighted by Crippen LogP contribution is 1.98. The van der Waals surface area contributed by atoms with Gasteiger partial charge < -0.3 is 16.2 Å². The van der Waals surface area contributed by atoms with Crippen molar-refractivity contribution in [2.75, 3.05) is 6.54 Å². The molecule has 0 fully saturated rings. The summed E-state index contributed by atoms with van der Waals surface area (Å²) in [4.78, 5) is 10.3. The highest BCUT2D eigenvalue weighted by Gasteiger charge is 2.13. The van der Waals surface area contributed by atoms with Gasteiger partial charge in [-0.2, -0.15) is 0 Å². The Hall–Kier alpha value is -0.610. The second-order valence-electron chi connectivity index (χ2n) is 3.39. The summed E-state index contributed by atoms with van der Waals surface area (Å²) in [5, 5.41) is 11.5. The van der Waals surface area contributed by atoms with Gasteiger partial charge in [-0.25, -0.2) is 0 Å². The van der Waals surface area contributed by atoms with Gasteiger partial charge in [0.05, 0.1) is 0 Å². The van der Waals surface area contributed by atoms with E-state index in [4.69, 9.17) is 10.8 Å². The molecule has 0 radical (unpaired) electrons. The molecule has 0 bridgehead atoms. The van der Waals surface area contributed by atoms with Crippen LogP contribution in [0.4, 0.5) is 0 Å². The van der Waals surface area contributed by atoms with Crippen molar-refractivity contribution >= 4 is 5.97 Å². The maximum absolute atomic E-state index is 10.3. The van der Waals surface area contributed by atoms with Crippen molar-refractivity contribution in [1.29, 1.82) is 0 Å². The molecule has 0 saturated carbocycles. The molecule has 0 saturated heterocycles. The van der Waals surface area contributed by atoms with Gasteiger partial charge in [0.1, 0.15) is 6.04 Å². The van der Waals surface area contributed by atoms with Gasteiger partial charge in [-0.3, -0.25) is 4.79 Å². The quantitative estimate of drug-likeness (QED) is 0.550. The first kappa shape index (κ1) is 11.4. The van der Waals surface area contributed by atoms with E-state index >= 15 is 0 Å². The van der Waals surface area contributed by atoms with Crippen molar-refractivity contribution in [3.8, 4) is 0 Å². The zero-order chi connectivity index (χ0) is 9.72. The summed E-state index contributed by atoms with van der Waals surface area (Å²) >= 11 is 0. The number of carboxylic acid groups (broad SMARTS) is 1. The molecule has 4 N–H and O–H groups in total. The van der Waals surface area contributed by atoms with Crippen LogP contribution in [0.2, 0.25) is 0 Å². The molecule has 72 valence electrons. The van der Waals surface area contributed by atoms with Crippen LogP contribution in [0.3, 0.4) is 0 Å². The number of hydrogen-bond donors (Lipinski definition) is 3. The van der Waals surface area contributed by atoms with Crippen molar-refractivity contribution in [2.24, 2.45) is 11.7 Å². The largest absolute Gasteiger partial charge is 0.480 e. The van der Waals surface area contributed by atoms with E-state index in [2.05, 4.69) is 19.2 Å². The van der Waals surface area contributed by atoms with Crippen LogP contribution in [0.5, 0.6) is 0 Å². The first-order chi connectivity index (χ1) is 5.45. The van der Waals surface area contributed by atoms with Gasteiger partial charge in [0.15, 0.2) is 0 Å². The van der Waals surface area contributed by atoms with Gasteiger partial charge in [0.2, 0.25) is 0 Å². The van der Waals surface area contributed by atoms with E-state index in [1.165, 1.54) is 0 Å². The van der Waals surface area contributed by atoms with Crippen LogP contribution in [0, 0.1) is 5.92 Å². The molecule has 12 heavy (non-hydrogen) atoms. The Balaban J connectivity index is 3.61. The monoisotopic (exact) mass is 174 g/mol. The van der Waals surface area contributed by atoms with Gasteiger partial charge in [0, 0.05) is 12.6 Å². The van der Waals surface area contributed by atoms with E-state index in [1.807, 2.05) is 6.92 Å². The molecule has 4 nitrogen and oxygen atoms in total. The lowest BCUT2D eigenvalue weighted by Crippen LogP contribution is -2.44. The van der Waals surface area contributed by atoms with Crippen LogP contribution in [0.1, 0.15) is 20.8 Å². The maximum atomic E-state index is 10.3. The van der Waals surface area contributed by atoms with Gasteiger partial charge in [-0.05, 0) is 12.8 Å². The van der Waals surface area contributed by atoms with Crippen molar-refractivity contribution in [3.05, 3.63) is 0 Å². The average molecular weight is 174 g/mol. The Morgan fingerprint density at radius 3 is 2.33 bits per heavy atom. The Morgan fingerprint density at radius 1 is 1.50 bits per heavy atom. The van der Waals surface area contributed by atoms with Crippen molar-refractivity contribution in [1.82, 2.24) is 5.32 Å². The molecule has 0 amide bonds. The SMILES string of the molecule is CC(C)C(C)NCC(N)C(=O)O. The maximum Gasteiger partial charge on any atom is 0.321 e. The standard InChI is InChI=1S/C8H18N2O2/c1-5(2)6(3)10-4-7(9)8(11)12/h5-7,10H,4,9H2,1-3H3,(H,11,12). The van der Waals surface area contributed by atoms with E-state index in [0.717, 1.165) is 0 Å². The number of rotatable bonds is 5. The molecule has 0 aliphatic heterocycles. The van der Waals surface area contributed by atoms with E-state index in [1.54, 1.807) is 0 Å². The number of aliphatic carboxylic acids is 1. The highest BCUT2D eigenvalue weighted by atomic mass is 16.4. The molecule has 0 aromatic carbocycles. The summed E-state index contributed by atoms with van der Waals surface area (Å²) in [6.07, 6.45) is 0. The number of nitrogens with one attached hydrogen (secondary N) is 1. The Labute approximate surface area is 73.1 Å². The molecule has 2 unspecified atom stereocenters. The predicted octanol–water partition coefficient (Wildman–Crippen LogP) is 0.0324. The lowest BCUT2D eigenvalue weighted by Gasteiger charge is -2.18. The number of carboxylic acids is 1. The van der Waals surface area contributed by atoms with Crippen LogP contribution in [-0.2, 0) is 4.79 Å². The van der Waals surface area contributed by atoms with Crippen LogP contribution in [-0.4, -0.2) is 29.7 Å². The van der Waals surface area contributed by atoms with E-state index < -0.39 is 12.0 Å². The van der Waals surface area contributed by atoms with Crippen molar-refractivity contribution in [3.63, 3.8) is 0 Å². The molecule has 0 aliphatic rings. The summed E-state index contributed by atoms with van der Waals surface area (Å²) < 4.78 is 0. The third-order valence-electron chi connectivity index (χ3n) is 1.98. The van der Waals surface area contributed by atoms with Crippen LogP contribution in [0.15, 0.2) is 0 Å². The highest BCUT2D eigenvalue weighted by molar-refractivity contribution is 5.73. The van der Waals surface area contributed by atoms with E-state index in [0.29, 0.717) is 18.5 Å². The van der Waals surface area contributed by atoms with Crippen LogP contribution >= 0.6 is 0 Å². The molecular formula is C8H18N2O2. The Kier molecular flexibility index (Phi) is 4.85. The molecule has 0 aromatic rings. The summed E-state index contributed by atoms with van der Waals surface area (Å²) in [7, 11) is 0. The van der Waals surface area contributed by atoms with E-state index in [9.17, 15) is 4.79 Å². The number of carbonyl (C=O) groups is 1. The minimum atomic E-state index is -0.960. The minimum absolute atomic E-state index is 0.301. The Bertz CT molecular complexity index is 148. The minimum Gasteiger partial charge on any atom is -0.480 e. The van der Waals surface area contributed by atoms with Crippen molar-refractivity contribution in [2.45, 2.75) is 32.9 Å². The van der Waals surface area contributed by atoms with Gasteiger partial charge in [-0.15, -0.1) is 0 Å². The lowest BCUT2D eigenvalue weighted by atomic mass is 10.1. The fraction of sp³-hybridized carbons (Fsp3) is 0.875. The second kappa shape index (κ2) is 5.11. The molecular weight excluding hydrogens is 156 g/mol. The third-order valence-corrected chi connectivity index (χ3v) is 1.98.